The lowest BCUT2D eigenvalue weighted by Crippen LogP contribution is -2.12. The summed E-state index contributed by atoms with van der Waals surface area (Å²) in [7, 11) is -3.75. The maximum atomic E-state index is 11.6. The summed E-state index contributed by atoms with van der Waals surface area (Å²) in [6.45, 7) is 2.03. The van der Waals surface area contributed by atoms with E-state index in [-0.39, 0.29) is 4.90 Å². The van der Waals surface area contributed by atoms with Gasteiger partial charge in [-0.15, -0.1) is 0 Å². The molecule has 1 heterocycles. The van der Waals surface area contributed by atoms with Crippen LogP contribution in [0.2, 0.25) is 5.02 Å². The Morgan fingerprint density at radius 1 is 0.862 bits per heavy atom. The number of halogens is 1. The normalized spacial score (nSPS) is 11.6. The molecule has 0 amide bonds. The number of benzene rings is 3. The Bertz CT molecular complexity index is 1260. The second-order valence-electron chi connectivity index (χ2n) is 6.74. The predicted octanol–water partition coefficient (Wildman–Crippen LogP) is 4.82. The van der Waals surface area contributed by atoms with Crippen molar-refractivity contribution in [1.82, 2.24) is 9.78 Å². The lowest BCUT2D eigenvalue weighted by Gasteiger charge is -2.08. The number of hydrogen-bond acceptors (Lipinski definition) is 3. The van der Waals surface area contributed by atoms with Crippen LogP contribution in [0, 0.1) is 6.92 Å². The molecule has 0 radical (unpaired) electrons. The van der Waals surface area contributed by atoms with E-state index in [2.05, 4.69) is 0 Å². The van der Waals surface area contributed by atoms with Crippen LogP contribution in [0.5, 0.6) is 0 Å². The van der Waals surface area contributed by atoms with Gasteiger partial charge in [0.25, 0.3) is 0 Å². The standard InChI is InChI=1S/C22H18ClN3O2S/c1-15-2-4-17(5-3-15)22-14-21(16-6-8-18(23)9-7-16)25-26(22)19-10-12-20(13-11-19)29(24,27)28/h2-14H,1H3,(H2,24,27,28). The van der Waals surface area contributed by atoms with Crippen molar-refractivity contribution >= 4 is 21.6 Å². The molecule has 0 bridgehead atoms. The molecule has 0 fully saturated rings. The molecule has 0 atom stereocenters. The highest BCUT2D eigenvalue weighted by atomic mass is 35.5. The summed E-state index contributed by atoms with van der Waals surface area (Å²) >= 11 is 6.01. The zero-order valence-corrected chi connectivity index (χ0v) is 17.2. The number of hydrogen-bond donors (Lipinski definition) is 1. The van der Waals surface area contributed by atoms with Gasteiger partial charge < -0.3 is 0 Å². The maximum absolute atomic E-state index is 11.6. The molecule has 0 saturated heterocycles. The molecule has 5 nitrogen and oxygen atoms in total. The summed E-state index contributed by atoms with van der Waals surface area (Å²) in [5.41, 5.74) is 5.50. The van der Waals surface area contributed by atoms with Crippen molar-refractivity contribution in [3.8, 4) is 28.2 Å². The van der Waals surface area contributed by atoms with E-state index in [1.165, 1.54) is 12.1 Å². The Kier molecular flexibility index (Phi) is 5.00. The minimum absolute atomic E-state index is 0.0585. The smallest absolute Gasteiger partial charge is 0.232 e. The first-order valence-corrected chi connectivity index (χ1v) is 10.8. The largest absolute Gasteiger partial charge is 0.238 e. The maximum Gasteiger partial charge on any atom is 0.238 e. The van der Waals surface area contributed by atoms with Gasteiger partial charge in [-0.25, -0.2) is 18.2 Å². The molecule has 4 aromatic rings. The molecule has 1 aromatic heterocycles. The molecule has 2 N–H and O–H groups in total. The van der Waals surface area contributed by atoms with Crippen LogP contribution in [-0.4, -0.2) is 18.2 Å². The van der Waals surface area contributed by atoms with Crippen LogP contribution in [0.25, 0.3) is 28.2 Å². The Balaban J connectivity index is 1.86. The van der Waals surface area contributed by atoms with Gasteiger partial charge in [-0.1, -0.05) is 53.6 Å². The Morgan fingerprint density at radius 2 is 1.45 bits per heavy atom. The quantitative estimate of drug-likeness (QED) is 0.511. The number of nitrogens with two attached hydrogens (primary N) is 1. The third kappa shape index (κ3) is 4.10. The zero-order valence-electron chi connectivity index (χ0n) is 15.6. The van der Waals surface area contributed by atoms with Crippen molar-refractivity contribution < 1.29 is 8.42 Å². The number of aromatic nitrogens is 2. The summed E-state index contributed by atoms with van der Waals surface area (Å²) in [5.74, 6) is 0. The second kappa shape index (κ2) is 7.48. The summed E-state index contributed by atoms with van der Waals surface area (Å²) < 4.78 is 24.9. The van der Waals surface area contributed by atoms with Crippen molar-refractivity contribution in [2.24, 2.45) is 5.14 Å². The molecule has 0 unspecified atom stereocenters. The van der Waals surface area contributed by atoms with Crippen molar-refractivity contribution in [3.05, 3.63) is 89.4 Å². The summed E-state index contributed by atoms with van der Waals surface area (Å²) in [4.78, 5) is 0.0585. The molecule has 3 aromatic carbocycles. The highest BCUT2D eigenvalue weighted by Gasteiger charge is 2.14. The molecule has 0 spiro atoms. The average Bonchev–Trinajstić information content (AvgIpc) is 3.14. The molecule has 0 aliphatic carbocycles. The molecule has 0 saturated carbocycles. The molecule has 0 aliphatic heterocycles. The van der Waals surface area contributed by atoms with Gasteiger partial charge in [0.05, 0.1) is 22.0 Å². The molecular formula is C22H18ClN3O2S. The number of sulfonamides is 1. The Hall–Kier alpha value is -2.93. The van der Waals surface area contributed by atoms with Crippen molar-refractivity contribution in [2.45, 2.75) is 11.8 Å². The third-order valence-corrected chi connectivity index (χ3v) is 5.79. The van der Waals surface area contributed by atoms with E-state index in [1.54, 1.807) is 16.8 Å². The van der Waals surface area contributed by atoms with Crippen molar-refractivity contribution in [2.75, 3.05) is 0 Å². The number of aryl methyl sites for hydroxylation is 1. The molecule has 0 aliphatic rings. The van der Waals surface area contributed by atoms with Crippen LogP contribution in [-0.2, 0) is 10.0 Å². The summed E-state index contributed by atoms with van der Waals surface area (Å²) in [6, 6.07) is 24.0. The zero-order chi connectivity index (χ0) is 20.6. The topological polar surface area (TPSA) is 78.0 Å². The number of nitrogens with zero attached hydrogens (tertiary/aromatic N) is 2. The molecule has 7 heteroatoms. The third-order valence-electron chi connectivity index (χ3n) is 4.61. The summed E-state index contributed by atoms with van der Waals surface area (Å²) in [5, 5.41) is 10.6. The van der Waals surface area contributed by atoms with Gasteiger partial charge in [-0.05, 0) is 49.4 Å². The van der Waals surface area contributed by atoms with E-state index in [0.717, 1.165) is 33.8 Å². The van der Waals surface area contributed by atoms with Crippen LogP contribution in [0.4, 0.5) is 0 Å². The first-order valence-electron chi connectivity index (χ1n) is 8.87. The van der Waals surface area contributed by atoms with E-state index in [1.807, 2.05) is 61.5 Å². The van der Waals surface area contributed by atoms with Gasteiger partial charge in [-0.3, -0.25) is 0 Å². The fraction of sp³-hybridized carbons (Fsp3) is 0.0455. The van der Waals surface area contributed by atoms with E-state index in [9.17, 15) is 8.42 Å². The van der Waals surface area contributed by atoms with E-state index in [0.29, 0.717) is 5.02 Å². The lowest BCUT2D eigenvalue weighted by molar-refractivity contribution is 0.598. The van der Waals surface area contributed by atoms with Gasteiger partial charge in [0.1, 0.15) is 0 Å². The van der Waals surface area contributed by atoms with Crippen molar-refractivity contribution in [1.29, 1.82) is 0 Å². The van der Waals surface area contributed by atoms with Crippen LogP contribution in [0.1, 0.15) is 5.56 Å². The number of rotatable bonds is 4. The SMILES string of the molecule is Cc1ccc(-c2cc(-c3ccc(Cl)cc3)nn2-c2ccc(S(N)(=O)=O)cc2)cc1. The van der Waals surface area contributed by atoms with Crippen LogP contribution in [0.3, 0.4) is 0 Å². The Morgan fingerprint density at radius 3 is 2.03 bits per heavy atom. The molecule has 29 heavy (non-hydrogen) atoms. The first kappa shape index (κ1) is 19.4. The Labute approximate surface area is 174 Å². The average molecular weight is 424 g/mol. The van der Waals surface area contributed by atoms with Gasteiger partial charge >= 0.3 is 0 Å². The van der Waals surface area contributed by atoms with E-state index < -0.39 is 10.0 Å². The molecular weight excluding hydrogens is 406 g/mol. The minimum Gasteiger partial charge on any atom is -0.232 e. The van der Waals surface area contributed by atoms with Gasteiger partial charge in [-0.2, -0.15) is 5.10 Å². The van der Waals surface area contributed by atoms with Gasteiger partial charge in [0.15, 0.2) is 0 Å². The predicted molar refractivity (Wildman–Crippen MR) is 116 cm³/mol. The minimum atomic E-state index is -3.75. The fourth-order valence-electron chi connectivity index (χ4n) is 3.05. The lowest BCUT2D eigenvalue weighted by atomic mass is 10.1. The van der Waals surface area contributed by atoms with Gasteiger partial charge in [0.2, 0.25) is 10.0 Å². The number of primary sulfonamides is 1. The monoisotopic (exact) mass is 423 g/mol. The van der Waals surface area contributed by atoms with E-state index >= 15 is 0 Å². The highest BCUT2D eigenvalue weighted by Crippen LogP contribution is 2.30. The molecule has 146 valence electrons. The second-order valence-corrected chi connectivity index (χ2v) is 8.74. The van der Waals surface area contributed by atoms with Gasteiger partial charge in [0, 0.05) is 16.1 Å². The van der Waals surface area contributed by atoms with Crippen LogP contribution < -0.4 is 5.14 Å². The van der Waals surface area contributed by atoms with Crippen molar-refractivity contribution in [3.63, 3.8) is 0 Å². The first-order chi connectivity index (χ1) is 13.8. The molecule has 4 rings (SSSR count). The fourth-order valence-corrected chi connectivity index (χ4v) is 3.69. The highest BCUT2D eigenvalue weighted by molar-refractivity contribution is 7.89. The van der Waals surface area contributed by atoms with Crippen LogP contribution >= 0.6 is 11.6 Å². The van der Waals surface area contributed by atoms with Crippen LogP contribution in [0.15, 0.2) is 83.8 Å². The van der Waals surface area contributed by atoms with E-state index in [4.69, 9.17) is 21.8 Å². The summed E-state index contributed by atoms with van der Waals surface area (Å²) in [6.07, 6.45) is 0.